The summed E-state index contributed by atoms with van der Waals surface area (Å²) in [5.74, 6) is 0.369. The Labute approximate surface area is 147 Å². The van der Waals surface area contributed by atoms with E-state index in [1.54, 1.807) is 6.20 Å². The molecular weight excluding hydrogens is 320 g/mol. The van der Waals surface area contributed by atoms with E-state index in [1.165, 1.54) is 6.20 Å². The summed E-state index contributed by atoms with van der Waals surface area (Å²) in [7, 11) is 0. The Morgan fingerprint density at radius 2 is 2.36 bits per heavy atom. The predicted molar refractivity (Wildman–Crippen MR) is 91.9 cm³/mol. The number of aryl methyl sites for hydroxylation is 1. The highest BCUT2D eigenvalue weighted by atomic mass is 16.5. The molecular formula is C18H24N4O3. The van der Waals surface area contributed by atoms with Crippen LogP contribution in [0.2, 0.25) is 0 Å². The van der Waals surface area contributed by atoms with Gasteiger partial charge in [-0.05, 0) is 25.0 Å². The van der Waals surface area contributed by atoms with E-state index in [0.29, 0.717) is 37.3 Å². The molecule has 2 N–H and O–H groups in total. The average Bonchev–Trinajstić information content (AvgIpc) is 3.07. The van der Waals surface area contributed by atoms with Gasteiger partial charge >= 0.3 is 0 Å². The molecule has 0 bridgehead atoms. The highest BCUT2D eigenvalue weighted by Gasteiger charge is 2.30. The lowest BCUT2D eigenvalue weighted by atomic mass is 10.0. The number of piperidine rings is 1. The number of nitrogens with zero attached hydrogens (tertiary/aromatic N) is 3. The number of hydrogen-bond donors (Lipinski definition) is 2. The van der Waals surface area contributed by atoms with Gasteiger partial charge in [-0.25, -0.2) is 0 Å². The third-order valence-electron chi connectivity index (χ3n) is 4.46. The molecule has 0 saturated carbocycles. The van der Waals surface area contributed by atoms with Crippen molar-refractivity contribution in [2.45, 2.75) is 44.9 Å². The summed E-state index contributed by atoms with van der Waals surface area (Å²) in [6.07, 6.45) is 4.84. The Morgan fingerprint density at radius 1 is 1.48 bits per heavy atom. The SMILES string of the molecule is CCCc1oncc1C(=O)N[C@@H]1CCN(Cc2ccccn2)C[C@H]1O. The zero-order valence-corrected chi connectivity index (χ0v) is 14.4. The van der Waals surface area contributed by atoms with Crippen LogP contribution in [0.25, 0.3) is 0 Å². The van der Waals surface area contributed by atoms with Crippen LogP contribution in [0.5, 0.6) is 0 Å². The lowest BCUT2D eigenvalue weighted by molar-refractivity contribution is 0.0345. The molecule has 0 aliphatic carbocycles. The van der Waals surface area contributed by atoms with Crippen molar-refractivity contribution in [2.75, 3.05) is 13.1 Å². The maximum atomic E-state index is 12.4. The van der Waals surface area contributed by atoms with Crippen LogP contribution in [0, 0.1) is 0 Å². The normalized spacial score (nSPS) is 21.2. The molecule has 0 spiro atoms. The van der Waals surface area contributed by atoms with Crippen LogP contribution in [0.15, 0.2) is 35.1 Å². The van der Waals surface area contributed by atoms with Crippen LogP contribution >= 0.6 is 0 Å². The number of pyridine rings is 1. The van der Waals surface area contributed by atoms with E-state index in [2.05, 4.69) is 20.4 Å². The second kappa shape index (κ2) is 8.22. The number of β-amino-alcohol motifs (C(OH)–C–C–N with tert-alkyl or cyclic N) is 1. The van der Waals surface area contributed by atoms with Crippen LogP contribution in [-0.4, -0.2) is 51.3 Å². The Hall–Kier alpha value is -2.25. The first-order valence-corrected chi connectivity index (χ1v) is 8.72. The number of hydrogen-bond acceptors (Lipinski definition) is 6. The van der Waals surface area contributed by atoms with Crippen LogP contribution in [0.1, 0.15) is 41.6 Å². The number of nitrogens with one attached hydrogen (secondary N) is 1. The number of likely N-dealkylation sites (tertiary alicyclic amines) is 1. The van der Waals surface area contributed by atoms with Gasteiger partial charge in [0, 0.05) is 32.3 Å². The number of carbonyl (C=O) groups is 1. The van der Waals surface area contributed by atoms with Crippen molar-refractivity contribution >= 4 is 5.91 Å². The van der Waals surface area contributed by atoms with Gasteiger partial charge in [-0.1, -0.05) is 18.1 Å². The summed E-state index contributed by atoms with van der Waals surface area (Å²) in [4.78, 5) is 18.9. The zero-order valence-electron chi connectivity index (χ0n) is 14.4. The molecule has 3 rings (SSSR count). The molecule has 2 aromatic heterocycles. The molecule has 1 aliphatic heterocycles. The fraction of sp³-hybridized carbons (Fsp3) is 0.500. The van der Waals surface area contributed by atoms with E-state index in [-0.39, 0.29) is 11.9 Å². The van der Waals surface area contributed by atoms with Crippen LogP contribution in [0.3, 0.4) is 0 Å². The molecule has 7 nitrogen and oxygen atoms in total. The van der Waals surface area contributed by atoms with Crippen molar-refractivity contribution in [2.24, 2.45) is 0 Å². The average molecular weight is 344 g/mol. The predicted octanol–water partition coefficient (Wildman–Crippen LogP) is 1.39. The number of rotatable bonds is 6. The molecule has 1 fully saturated rings. The third kappa shape index (κ3) is 4.43. The van der Waals surface area contributed by atoms with Crippen LogP contribution in [-0.2, 0) is 13.0 Å². The molecule has 1 saturated heterocycles. The number of carbonyl (C=O) groups excluding carboxylic acids is 1. The highest BCUT2D eigenvalue weighted by molar-refractivity contribution is 5.95. The Kier molecular flexibility index (Phi) is 5.78. The van der Waals surface area contributed by atoms with E-state index >= 15 is 0 Å². The van der Waals surface area contributed by atoms with Crippen LogP contribution in [0.4, 0.5) is 0 Å². The van der Waals surface area contributed by atoms with Gasteiger partial charge in [-0.2, -0.15) is 0 Å². The van der Waals surface area contributed by atoms with E-state index < -0.39 is 6.10 Å². The molecule has 134 valence electrons. The molecule has 3 heterocycles. The molecule has 0 radical (unpaired) electrons. The molecule has 7 heteroatoms. The summed E-state index contributed by atoms with van der Waals surface area (Å²) in [6, 6.07) is 5.55. The van der Waals surface area contributed by atoms with Crippen molar-refractivity contribution < 1.29 is 14.4 Å². The van der Waals surface area contributed by atoms with E-state index in [4.69, 9.17) is 4.52 Å². The first-order valence-electron chi connectivity index (χ1n) is 8.72. The number of aliphatic hydroxyl groups excluding tert-OH is 1. The van der Waals surface area contributed by atoms with Gasteiger partial charge in [0.25, 0.3) is 5.91 Å². The van der Waals surface area contributed by atoms with Crippen LogP contribution < -0.4 is 5.32 Å². The first-order chi connectivity index (χ1) is 12.2. The standard InChI is InChI=1S/C18H24N4O3/c1-2-5-17-14(10-20-25-17)18(24)21-15-7-9-22(12-16(15)23)11-13-6-3-4-8-19-13/h3-4,6,8,10,15-16,23H,2,5,7,9,11-12H2,1H3,(H,21,24)/t15-,16-/m1/s1. The summed E-state index contributed by atoms with van der Waals surface area (Å²) in [5, 5.41) is 17.1. The summed E-state index contributed by atoms with van der Waals surface area (Å²) in [6.45, 7) is 4.02. The van der Waals surface area contributed by atoms with Gasteiger partial charge in [0.1, 0.15) is 11.3 Å². The maximum absolute atomic E-state index is 12.4. The van der Waals surface area contributed by atoms with Gasteiger partial charge in [0.15, 0.2) is 0 Å². The third-order valence-corrected chi connectivity index (χ3v) is 4.46. The Balaban J connectivity index is 1.54. The van der Waals surface area contributed by atoms with Gasteiger partial charge in [-0.3, -0.25) is 14.7 Å². The molecule has 1 amide bonds. The van der Waals surface area contributed by atoms with Crippen molar-refractivity contribution in [3.8, 4) is 0 Å². The summed E-state index contributed by atoms with van der Waals surface area (Å²) in [5.41, 5.74) is 1.44. The quantitative estimate of drug-likeness (QED) is 0.823. The van der Waals surface area contributed by atoms with Gasteiger partial charge in [0.05, 0.1) is 24.0 Å². The Morgan fingerprint density at radius 3 is 3.08 bits per heavy atom. The minimum atomic E-state index is -0.615. The van der Waals surface area contributed by atoms with Gasteiger partial charge in [0.2, 0.25) is 0 Å². The van der Waals surface area contributed by atoms with Crippen molar-refractivity contribution in [3.63, 3.8) is 0 Å². The molecule has 0 unspecified atom stereocenters. The molecule has 1 aliphatic rings. The number of aromatic nitrogens is 2. The lowest BCUT2D eigenvalue weighted by Crippen LogP contribution is -2.53. The van der Waals surface area contributed by atoms with Gasteiger partial charge in [-0.15, -0.1) is 0 Å². The van der Waals surface area contributed by atoms with Crippen molar-refractivity contribution in [1.82, 2.24) is 20.4 Å². The summed E-state index contributed by atoms with van der Waals surface area (Å²) < 4.78 is 5.14. The zero-order chi connectivity index (χ0) is 17.6. The monoisotopic (exact) mass is 344 g/mol. The molecule has 2 atom stereocenters. The minimum Gasteiger partial charge on any atom is -0.390 e. The fourth-order valence-electron chi connectivity index (χ4n) is 3.13. The molecule has 0 aromatic carbocycles. The Bertz CT molecular complexity index is 689. The fourth-order valence-corrected chi connectivity index (χ4v) is 3.13. The molecule has 2 aromatic rings. The van der Waals surface area contributed by atoms with Crippen molar-refractivity contribution in [1.29, 1.82) is 0 Å². The van der Waals surface area contributed by atoms with E-state index in [1.807, 2.05) is 25.1 Å². The first kappa shape index (κ1) is 17.6. The highest BCUT2D eigenvalue weighted by Crippen LogP contribution is 2.16. The lowest BCUT2D eigenvalue weighted by Gasteiger charge is -2.36. The second-order valence-corrected chi connectivity index (χ2v) is 6.40. The smallest absolute Gasteiger partial charge is 0.256 e. The van der Waals surface area contributed by atoms with Gasteiger partial charge < -0.3 is 14.9 Å². The summed E-state index contributed by atoms with van der Waals surface area (Å²) >= 11 is 0. The topological polar surface area (TPSA) is 91.5 Å². The molecule has 25 heavy (non-hydrogen) atoms. The number of aliphatic hydroxyl groups is 1. The van der Waals surface area contributed by atoms with Crippen molar-refractivity contribution in [3.05, 3.63) is 47.6 Å². The number of amides is 1. The second-order valence-electron chi connectivity index (χ2n) is 6.40. The van der Waals surface area contributed by atoms with E-state index in [0.717, 1.165) is 18.7 Å². The maximum Gasteiger partial charge on any atom is 0.256 e. The van der Waals surface area contributed by atoms with E-state index in [9.17, 15) is 9.90 Å². The minimum absolute atomic E-state index is 0.230. The largest absolute Gasteiger partial charge is 0.390 e.